The van der Waals surface area contributed by atoms with Gasteiger partial charge in [-0.15, -0.1) is 0 Å². The van der Waals surface area contributed by atoms with Crippen LogP contribution in [0, 0.1) is 0 Å². The molecule has 0 radical (unpaired) electrons. The van der Waals surface area contributed by atoms with Crippen LogP contribution in [0.4, 0.5) is 11.4 Å². The van der Waals surface area contributed by atoms with Crippen molar-refractivity contribution in [3.63, 3.8) is 0 Å². The van der Waals surface area contributed by atoms with Crippen LogP contribution < -0.4 is 11.2 Å². The Morgan fingerprint density at radius 2 is 1.45 bits per heavy atom. The topological polar surface area (TPSA) is 78.5 Å². The molecule has 4 heteroatoms. The van der Waals surface area contributed by atoms with Crippen molar-refractivity contribution < 1.29 is 10.3 Å². The van der Waals surface area contributed by atoms with E-state index in [1.54, 1.807) is 24.3 Å². The lowest BCUT2D eigenvalue weighted by molar-refractivity contribution is 0.390. The highest BCUT2D eigenvalue weighted by Crippen LogP contribution is 2.21. The van der Waals surface area contributed by atoms with Gasteiger partial charge in [0.2, 0.25) is 0 Å². The van der Waals surface area contributed by atoms with E-state index in [-0.39, 0.29) is 5.75 Å². The predicted octanol–water partition coefficient (Wildman–Crippen LogP) is 3.62. The van der Waals surface area contributed by atoms with E-state index in [9.17, 15) is 0 Å². The summed E-state index contributed by atoms with van der Waals surface area (Å²) in [5, 5.41) is 19.6. The average Bonchev–Trinajstić information content (AvgIpc) is 2.50. The Balaban J connectivity index is 0.000000160. The average molecular weight is 268 g/mol. The third-order valence-corrected chi connectivity index (χ3v) is 2.80. The van der Waals surface area contributed by atoms with E-state index in [0.717, 1.165) is 16.5 Å². The Morgan fingerprint density at radius 3 is 2.10 bits per heavy atom. The number of phenolic OH excluding ortho intramolecular Hbond substituents is 1. The summed E-state index contributed by atoms with van der Waals surface area (Å²) in [7, 11) is 0. The van der Waals surface area contributed by atoms with Crippen LogP contribution in [0.3, 0.4) is 0 Å². The minimum atomic E-state index is 0.249. The Labute approximate surface area is 117 Å². The zero-order valence-electron chi connectivity index (χ0n) is 10.8. The highest BCUT2D eigenvalue weighted by atomic mass is 16.5. The number of benzene rings is 3. The number of aromatic hydroxyl groups is 1. The third-order valence-electron chi connectivity index (χ3n) is 2.80. The summed E-state index contributed by atoms with van der Waals surface area (Å²) in [6.07, 6.45) is 0. The maximum absolute atomic E-state index is 8.79. The maximum atomic E-state index is 8.79. The number of phenols is 1. The normalized spacial score (nSPS) is 9.65. The number of nitrogens with one attached hydrogen (secondary N) is 1. The summed E-state index contributed by atoms with van der Waals surface area (Å²) in [5.74, 6) is 0.249. The molecule has 20 heavy (non-hydrogen) atoms. The monoisotopic (exact) mass is 268 g/mol. The highest BCUT2D eigenvalue weighted by Gasteiger charge is 1.96. The van der Waals surface area contributed by atoms with Crippen LogP contribution in [0.5, 0.6) is 5.75 Å². The van der Waals surface area contributed by atoms with Crippen LogP contribution in [0.2, 0.25) is 0 Å². The summed E-state index contributed by atoms with van der Waals surface area (Å²) >= 11 is 0. The van der Waals surface area contributed by atoms with Crippen molar-refractivity contribution >= 4 is 22.1 Å². The number of hydrogen-bond donors (Lipinski definition) is 4. The molecule has 0 saturated heterocycles. The molecule has 3 rings (SSSR count). The molecule has 4 nitrogen and oxygen atoms in total. The van der Waals surface area contributed by atoms with Gasteiger partial charge in [0.25, 0.3) is 0 Å². The Morgan fingerprint density at radius 1 is 0.800 bits per heavy atom. The molecule has 0 aromatic heterocycles. The first-order valence-corrected chi connectivity index (χ1v) is 6.13. The molecule has 3 aromatic rings. The smallest absolute Gasteiger partial charge is 0.115 e. The summed E-state index contributed by atoms with van der Waals surface area (Å²) in [4.78, 5) is 0. The quantitative estimate of drug-likeness (QED) is 0.309. The van der Waals surface area contributed by atoms with Crippen molar-refractivity contribution in [2.75, 3.05) is 11.2 Å². The van der Waals surface area contributed by atoms with Gasteiger partial charge in [-0.2, -0.15) is 0 Å². The maximum Gasteiger partial charge on any atom is 0.115 e. The van der Waals surface area contributed by atoms with E-state index in [4.69, 9.17) is 16.0 Å². The molecular weight excluding hydrogens is 252 g/mol. The van der Waals surface area contributed by atoms with Crippen molar-refractivity contribution in [2.24, 2.45) is 0 Å². The second-order valence-corrected chi connectivity index (χ2v) is 4.23. The summed E-state index contributed by atoms with van der Waals surface area (Å²) < 4.78 is 0. The van der Waals surface area contributed by atoms with Crippen molar-refractivity contribution in [2.45, 2.75) is 0 Å². The van der Waals surface area contributed by atoms with E-state index in [2.05, 4.69) is 5.48 Å². The van der Waals surface area contributed by atoms with Crippen LogP contribution in [-0.4, -0.2) is 10.3 Å². The number of nitrogen functional groups attached to an aromatic ring is 1. The molecule has 102 valence electrons. The van der Waals surface area contributed by atoms with Gasteiger partial charge in [0.05, 0.1) is 5.69 Å². The summed E-state index contributed by atoms with van der Waals surface area (Å²) in [6, 6.07) is 20.0. The fourth-order valence-corrected chi connectivity index (χ4v) is 1.80. The van der Waals surface area contributed by atoms with Gasteiger partial charge in [0.1, 0.15) is 5.75 Å². The minimum absolute atomic E-state index is 0.249. The zero-order valence-corrected chi connectivity index (χ0v) is 10.8. The van der Waals surface area contributed by atoms with Crippen molar-refractivity contribution in [1.29, 1.82) is 0 Å². The molecule has 0 spiro atoms. The SMILES string of the molecule is Nc1ccc(O)cc1.ONc1cccc2ccccc12. The summed E-state index contributed by atoms with van der Waals surface area (Å²) in [6.45, 7) is 0. The molecule has 0 fully saturated rings. The first-order valence-electron chi connectivity index (χ1n) is 6.13. The number of fused-ring (bicyclic) bond motifs is 1. The first kappa shape index (κ1) is 13.7. The molecule has 0 aliphatic carbocycles. The standard InChI is InChI=1S/C10H9NO.C6H7NO/c12-11-10-7-3-5-8-4-1-2-6-9(8)10;7-5-1-3-6(8)4-2-5/h1-7,11-12H;1-4,8H,7H2. The van der Waals surface area contributed by atoms with Crippen LogP contribution in [0.15, 0.2) is 66.7 Å². The highest BCUT2D eigenvalue weighted by molar-refractivity contribution is 5.93. The van der Waals surface area contributed by atoms with Gasteiger partial charge in [-0.1, -0.05) is 36.4 Å². The Hall–Kier alpha value is -2.72. The fraction of sp³-hybridized carbons (Fsp3) is 0. The number of nitrogens with two attached hydrogens (primary N) is 1. The second kappa shape index (κ2) is 6.45. The molecule has 3 aromatic carbocycles. The van der Waals surface area contributed by atoms with Gasteiger partial charge >= 0.3 is 0 Å². The van der Waals surface area contributed by atoms with Crippen LogP contribution in [-0.2, 0) is 0 Å². The van der Waals surface area contributed by atoms with Crippen LogP contribution in [0.1, 0.15) is 0 Å². The van der Waals surface area contributed by atoms with E-state index < -0.39 is 0 Å². The van der Waals surface area contributed by atoms with E-state index in [1.165, 1.54) is 0 Å². The lowest BCUT2D eigenvalue weighted by Gasteiger charge is -2.02. The number of hydrogen-bond acceptors (Lipinski definition) is 4. The third kappa shape index (κ3) is 3.40. The molecule has 0 bridgehead atoms. The van der Waals surface area contributed by atoms with Crippen LogP contribution >= 0.6 is 0 Å². The molecule has 5 N–H and O–H groups in total. The van der Waals surface area contributed by atoms with Crippen molar-refractivity contribution in [3.8, 4) is 5.75 Å². The molecule has 0 aliphatic rings. The lowest BCUT2D eigenvalue weighted by Crippen LogP contribution is -1.89. The molecule has 0 unspecified atom stereocenters. The van der Waals surface area contributed by atoms with Crippen molar-refractivity contribution in [3.05, 3.63) is 66.7 Å². The molecule has 0 amide bonds. The van der Waals surface area contributed by atoms with E-state index >= 15 is 0 Å². The molecule has 0 aliphatic heterocycles. The van der Waals surface area contributed by atoms with Crippen LogP contribution in [0.25, 0.3) is 10.8 Å². The lowest BCUT2D eigenvalue weighted by atomic mass is 10.1. The number of anilines is 2. The number of rotatable bonds is 1. The van der Waals surface area contributed by atoms with E-state index in [1.807, 2.05) is 42.5 Å². The fourth-order valence-electron chi connectivity index (χ4n) is 1.80. The summed E-state index contributed by atoms with van der Waals surface area (Å²) in [5.41, 5.74) is 8.90. The first-order chi connectivity index (χ1) is 9.70. The van der Waals surface area contributed by atoms with Gasteiger partial charge in [0.15, 0.2) is 0 Å². The Kier molecular flexibility index (Phi) is 4.42. The van der Waals surface area contributed by atoms with Gasteiger partial charge in [-0.25, -0.2) is 0 Å². The predicted molar refractivity (Wildman–Crippen MR) is 81.9 cm³/mol. The molecule has 0 atom stereocenters. The van der Waals surface area contributed by atoms with Gasteiger partial charge in [0, 0.05) is 11.1 Å². The minimum Gasteiger partial charge on any atom is -0.508 e. The van der Waals surface area contributed by atoms with E-state index in [0.29, 0.717) is 5.69 Å². The Bertz CT molecular complexity index is 655. The van der Waals surface area contributed by atoms with Crippen molar-refractivity contribution in [1.82, 2.24) is 0 Å². The second-order valence-electron chi connectivity index (χ2n) is 4.23. The molecule has 0 saturated carbocycles. The zero-order chi connectivity index (χ0) is 14.4. The largest absolute Gasteiger partial charge is 0.508 e. The molecule has 0 heterocycles. The van der Waals surface area contributed by atoms with Gasteiger partial charge < -0.3 is 10.8 Å². The molecular formula is C16H16N2O2. The van der Waals surface area contributed by atoms with Gasteiger partial charge in [-0.05, 0) is 35.7 Å². The van der Waals surface area contributed by atoms with Gasteiger partial charge in [-0.3, -0.25) is 10.7 Å².